The number of ether oxygens (including phenoxy) is 1. The summed E-state index contributed by atoms with van der Waals surface area (Å²) in [5.41, 5.74) is 3.70. The number of aryl methyl sites for hydroxylation is 2. The van der Waals surface area contributed by atoms with E-state index < -0.39 is 0 Å². The third-order valence-electron chi connectivity index (χ3n) is 6.19. The fourth-order valence-electron chi connectivity index (χ4n) is 4.38. The lowest BCUT2D eigenvalue weighted by Crippen LogP contribution is -2.37. The van der Waals surface area contributed by atoms with Crippen LogP contribution < -0.4 is 15.0 Å². The minimum Gasteiger partial charge on any atom is -0.457 e. The van der Waals surface area contributed by atoms with Gasteiger partial charge in [0.2, 0.25) is 11.8 Å². The Morgan fingerprint density at radius 1 is 1.14 bits per heavy atom. The fraction of sp³-hybridized carbons (Fsp3) is 0.333. The molecule has 2 aromatic carbocycles. The first-order valence-corrected chi connectivity index (χ1v) is 11.8. The van der Waals surface area contributed by atoms with Crippen molar-refractivity contribution in [2.75, 3.05) is 11.4 Å². The van der Waals surface area contributed by atoms with Gasteiger partial charge < -0.3 is 15.0 Å². The van der Waals surface area contributed by atoms with E-state index in [-0.39, 0.29) is 24.3 Å². The second-order valence-electron chi connectivity index (χ2n) is 8.66. The molecule has 1 aliphatic rings. The maximum Gasteiger partial charge on any atom is 0.229 e. The Kier molecular flexibility index (Phi) is 7.46. The quantitative estimate of drug-likeness (QED) is 0.507. The minimum absolute atomic E-state index is 0.0162. The molecule has 1 aromatic heterocycles. The van der Waals surface area contributed by atoms with Gasteiger partial charge in [0.25, 0.3) is 0 Å². The number of carbonyl (C=O) groups excluding carboxylic acids is 2. The molecule has 0 spiro atoms. The summed E-state index contributed by atoms with van der Waals surface area (Å²) in [6.45, 7) is 4.88. The molecule has 0 radical (unpaired) electrons. The van der Waals surface area contributed by atoms with Crippen molar-refractivity contribution in [2.24, 2.45) is 0 Å². The van der Waals surface area contributed by atoms with Gasteiger partial charge in [0.05, 0.1) is 30.8 Å². The smallest absolute Gasteiger partial charge is 0.229 e. The number of aromatic nitrogens is 2. The molecule has 0 saturated carbocycles. The lowest BCUT2D eigenvalue weighted by molar-refractivity contribution is -0.121. The monoisotopic (exact) mass is 471 g/mol. The molecule has 8 heteroatoms. The molecule has 8 nitrogen and oxygen atoms in total. The molecule has 0 unspecified atom stereocenters. The summed E-state index contributed by atoms with van der Waals surface area (Å²) in [5.74, 6) is 1.34. The maximum atomic E-state index is 12.6. The van der Waals surface area contributed by atoms with Gasteiger partial charge in [-0.3, -0.25) is 14.3 Å². The van der Waals surface area contributed by atoms with Gasteiger partial charge in [-0.15, -0.1) is 0 Å². The number of anilines is 1. The van der Waals surface area contributed by atoms with Crippen molar-refractivity contribution >= 4 is 17.5 Å². The SMILES string of the molecule is Cc1nn(CCC#N)c(C)c1CCC(=O)N[C@@H]1CC(=O)N(c2ccc(Oc3ccccc3)cc2)C1. The number of nitriles is 1. The lowest BCUT2D eigenvalue weighted by atomic mass is 10.1. The van der Waals surface area contributed by atoms with E-state index in [4.69, 9.17) is 10.00 Å². The summed E-state index contributed by atoms with van der Waals surface area (Å²) in [6, 6.07) is 18.8. The predicted molar refractivity (Wildman–Crippen MR) is 132 cm³/mol. The highest BCUT2D eigenvalue weighted by atomic mass is 16.5. The Morgan fingerprint density at radius 2 is 1.86 bits per heavy atom. The van der Waals surface area contributed by atoms with E-state index in [1.165, 1.54) is 0 Å². The zero-order chi connectivity index (χ0) is 24.8. The number of benzene rings is 2. The van der Waals surface area contributed by atoms with E-state index in [1.807, 2.05) is 73.1 Å². The van der Waals surface area contributed by atoms with Crippen molar-refractivity contribution in [3.63, 3.8) is 0 Å². The topological polar surface area (TPSA) is 100 Å². The highest BCUT2D eigenvalue weighted by Gasteiger charge is 2.31. The molecule has 1 N–H and O–H groups in total. The molecule has 1 saturated heterocycles. The number of para-hydroxylation sites is 1. The summed E-state index contributed by atoms with van der Waals surface area (Å²) in [4.78, 5) is 26.9. The van der Waals surface area contributed by atoms with Crippen LogP contribution >= 0.6 is 0 Å². The zero-order valence-corrected chi connectivity index (χ0v) is 20.0. The number of hydrogen-bond acceptors (Lipinski definition) is 5. The van der Waals surface area contributed by atoms with Crippen molar-refractivity contribution in [3.8, 4) is 17.6 Å². The molecule has 2 amide bonds. The van der Waals surface area contributed by atoms with Crippen LogP contribution in [0.15, 0.2) is 54.6 Å². The van der Waals surface area contributed by atoms with Gasteiger partial charge in [-0.1, -0.05) is 18.2 Å². The zero-order valence-electron chi connectivity index (χ0n) is 20.0. The molecule has 0 bridgehead atoms. The summed E-state index contributed by atoms with van der Waals surface area (Å²) in [6.07, 6.45) is 1.57. The molecule has 0 aliphatic carbocycles. The van der Waals surface area contributed by atoms with Crippen LogP contribution in [0, 0.1) is 25.2 Å². The van der Waals surface area contributed by atoms with Crippen molar-refractivity contribution in [1.82, 2.24) is 15.1 Å². The predicted octanol–water partition coefficient (Wildman–Crippen LogP) is 4.06. The molecule has 1 aliphatic heterocycles. The Labute approximate surface area is 205 Å². The van der Waals surface area contributed by atoms with Crippen LogP contribution in [0.5, 0.6) is 11.5 Å². The van der Waals surface area contributed by atoms with Crippen LogP contribution in [0.2, 0.25) is 0 Å². The molecule has 180 valence electrons. The third-order valence-corrected chi connectivity index (χ3v) is 6.19. The largest absolute Gasteiger partial charge is 0.457 e. The normalized spacial score (nSPS) is 15.2. The minimum atomic E-state index is -0.226. The fourth-order valence-corrected chi connectivity index (χ4v) is 4.38. The molecular formula is C27H29N5O3. The third kappa shape index (κ3) is 5.87. The Bertz CT molecular complexity index is 1230. The Hall–Kier alpha value is -4.12. The van der Waals surface area contributed by atoms with Crippen LogP contribution in [0.3, 0.4) is 0 Å². The number of carbonyl (C=O) groups is 2. The molecular weight excluding hydrogens is 442 g/mol. The molecule has 2 heterocycles. The van der Waals surface area contributed by atoms with E-state index in [0.717, 1.165) is 28.4 Å². The van der Waals surface area contributed by atoms with E-state index in [0.29, 0.717) is 38.1 Å². The van der Waals surface area contributed by atoms with Crippen LogP contribution in [0.1, 0.15) is 36.2 Å². The number of rotatable bonds is 9. The first-order valence-electron chi connectivity index (χ1n) is 11.8. The second kappa shape index (κ2) is 10.9. The van der Waals surface area contributed by atoms with Gasteiger partial charge >= 0.3 is 0 Å². The highest BCUT2D eigenvalue weighted by molar-refractivity contribution is 5.96. The average Bonchev–Trinajstić information content (AvgIpc) is 3.35. The Balaban J connectivity index is 1.29. The van der Waals surface area contributed by atoms with Gasteiger partial charge in [0.15, 0.2) is 0 Å². The number of nitrogens with zero attached hydrogens (tertiary/aromatic N) is 4. The van der Waals surface area contributed by atoms with Crippen LogP contribution in [0.25, 0.3) is 0 Å². The first kappa shape index (κ1) is 24.0. The second-order valence-corrected chi connectivity index (χ2v) is 8.66. The molecule has 35 heavy (non-hydrogen) atoms. The van der Waals surface area contributed by atoms with Crippen LogP contribution in [0.4, 0.5) is 5.69 Å². The first-order chi connectivity index (χ1) is 16.9. The van der Waals surface area contributed by atoms with Crippen LogP contribution in [-0.4, -0.2) is 34.2 Å². The van der Waals surface area contributed by atoms with E-state index in [1.54, 1.807) is 4.90 Å². The highest BCUT2D eigenvalue weighted by Crippen LogP contribution is 2.27. The van der Waals surface area contributed by atoms with Crippen molar-refractivity contribution < 1.29 is 14.3 Å². The number of nitrogens with one attached hydrogen (secondary N) is 1. The molecule has 4 rings (SSSR count). The summed E-state index contributed by atoms with van der Waals surface area (Å²) < 4.78 is 7.65. The van der Waals surface area contributed by atoms with Gasteiger partial charge in [-0.2, -0.15) is 10.4 Å². The number of hydrogen-bond donors (Lipinski definition) is 1. The molecule has 3 aromatic rings. The van der Waals surface area contributed by atoms with Crippen molar-refractivity contribution in [2.45, 2.75) is 52.1 Å². The standard InChI is InChI=1S/C27H29N5O3/c1-19-25(20(2)32(30-19)16-6-15-28)13-14-26(33)29-21-17-27(34)31(18-21)22-9-11-24(12-10-22)35-23-7-4-3-5-8-23/h3-5,7-12,21H,6,13-14,16-18H2,1-2H3,(H,29,33)/t21-/m1/s1. The molecule has 1 fully saturated rings. The Morgan fingerprint density at radius 3 is 2.57 bits per heavy atom. The van der Waals surface area contributed by atoms with Gasteiger partial charge in [0.1, 0.15) is 11.5 Å². The van der Waals surface area contributed by atoms with Crippen molar-refractivity contribution in [3.05, 3.63) is 71.5 Å². The molecule has 1 atom stereocenters. The van der Waals surface area contributed by atoms with Gasteiger partial charge in [-0.25, -0.2) is 0 Å². The average molecular weight is 472 g/mol. The number of amides is 2. The van der Waals surface area contributed by atoms with Gasteiger partial charge in [0, 0.05) is 30.8 Å². The maximum absolute atomic E-state index is 12.6. The summed E-state index contributed by atoms with van der Waals surface area (Å²) >= 11 is 0. The van der Waals surface area contributed by atoms with E-state index in [9.17, 15) is 9.59 Å². The van der Waals surface area contributed by atoms with Crippen LogP contribution in [-0.2, 0) is 22.6 Å². The van der Waals surface area contributed by atoms with E-state index >= 15 is 0 Å². The van der Waals surface area contributed by atoms with Crippen molar-refractivity contribution in [1.29, 1.82) is 5.26 Å². The lowest BCUT2D eigenvalue weighted by Gasteiger charge is -2.18. The van der Waals surface area contributed by atoms with E-state index in [2.05, 4.69) is 16.5 Å². The van der Waals surface area contributed by atoms with Gasteiger partial charge in [-0.05, 0) is 62.2 Å². The summed E-state index contributed by atoms with van der Waals surface area (Å²) in [5, 5.41) is 16.3. The summed E-state index contributed by atoms with van der Waals surface area (Å²) in [7, 11) is 0.